The van der Waals surface area contributed by atoms with E-state index in [1.165, 1.54) is 0 Å². The predicted octanol–water partition coefficient (Wildman–Crippen LogP) is 2.21. The standard InChI is InChI=1S/C16H25N5/c1-16(2,3)14-6-12(8-17)7-15(19-14)20(4)10-13-9-18-21(5)11-13/h6-7,9,11H,8,10,17H2,1-5H3. The molecule has 0 unspecified atom stereocenters. The fourth-order valence-corrected chi connectivity index (χ4v) is 2.18. The van der Waals surface area contributed by atoms with E-state index in [0.717, 1.165) is 29.2 Å². The Bertz CT molecular complexity index is 609. The highest BCUT2D eigenvalue weighted by Gasteiger charge is 2.18. The van der Waals surface area contributed by atoms with Crippen LogP contribution in [0, 0.1) is 0 Å². The van der Waals surface area contributed by atoms with Crippen molar-refractivity contribution in [3.63, 3.8) is 0 Å². The Balaban J connectivity index is 2.29. The van der Waals surface area contributed by atoms with E-state index in [-0.39, 0.29) is 5.41 Å². The molecule has 0 aliphatic rings. The van der Waals surface area contributed by atoms with Crippen molar-refractivity contribution in [3.05, 3.63) is 41.3 Å². The molecule has 2 rings (SSSR count). The van der Waals surface area contributed by atoms with Crippen molar-refractivity contribution in [2.45, 2.75) is 39.3 Å². The molecule has 0 atom stereocenters. The first-order valence-corrected chi connectivity index (χ1v) is 7.20. The zero-order valence-corrected chi connectivity index (χ0v) is 13.6. The van der Waals surface area contributed by atoms with Crippen molar-refractivity contribution in [1.29, 1.82) is 0 Å². The predicted molar refractivity (Wildman–Crippen MR) is 86.1 cm³/mol. The van der Waals surface area contributed by atoms with Crippen molar-refractivity contribution < 1.29 is 0 Å². The van der Waals surface area contributed by atoms with E-state index >= 15 is 0 Å². The first-order valence-electron chi connectivity index (χ1n) is 7.20. The van der Waals surface area contributed by atoms with Gasteiger partial charge in [-0.15, -0.1) is 0 Å². The van der Waals surface area contributed by atoms with Crippen LogP contribution < -0.4 is 10.6 Å². The van der Waals surface area contributed by atoms with E-state index in [4.69, 9.17) is 10.7 Å². The fourth-order valence-electron chi connectivity index (χ4n) is 2.18. The lowest BCUT2D eigenvalue weighted by Crippen LogP contribution is -2.21. The van der Waals surface area contributed by atoms with Gasteiger partial charge in [-0.2, -0.15) is 5.10 Å². The summed E-state index contributed by atoms with van der Waals surface area (Å²) < 4.78 is 1.81. The highest BCUT2D eigenvalue weighted by Crippen LogP contribution is 2.25. The molecule has 0 saturated heterocycles. The van der Waals surface area contributed by atoms with Crippen LogP contribution in [0.5, 0.6) is 0 Å². The summed E-state index contributed by atoms with van der Waals surface area (Å²) in [6.45, 7) is 7.80. The molecule has 0 fully saturated rings. The number of aromatic nitrogens is 3. The normalized spacial score (nSPS) is 11.7. The van der Waals surface area contributed by atoms with Crippen LogP contribution in [0.1, 0.15) is 37.6 Å². The summed E-state index contributed by atoms with van der Waals surface area (Å²) in [5.41, 5.74) is 9.18. The highest BCUT2D eigenvalue weighted by molar-refractivity contribution is 5.43. The Morgan fingerprint density at radius 1 is 1.24 bits per heavy atom. The number of rotatable bonds is 4. The summed E-state index contributed by atoms with van der Waals surface area (Å²) in [6, 6.07) is 4.16. The molecule has 0 aliphatic carbocycles. The second kappa shape index (κ2) is 5.85. The maximum atomic E-state index is 5.83. The van der Waals surface area contributed by atoms with E-state index in [1.807, 2.05) is 31.2 Å². The van der Waals surface area contributed by atoms with Gasteiger partial charge in [0, 0.05) is 50.1 Å². The number of hydrogen-bond acceptors (Lipinski definition) is 4. The van der Waals surface area contributed by atoms with Gasteiger partial charge in [0.1, 0.15) is 5.82 Å². The molecule has 2 heterocycles. The first kappa shape index (κ1) is 15.5. The minimum absolute atomic E-state index is 0.00900. The van der Waals surface area contributed by atoms with Crippen LogP contribution in [-0.4, -0.2) is 21.8 Å². The Labute approximate surface area is 126 Å². The highest BCUT2D eigenvalue weighted by atomic mass is 15.2. The van der Waals surface area contributed by atoms with Gasteiger partial charge in [-0.05, 0) is 17.7 Å². The summed E-state index contributed by atoms with van der Waals surface area (Å²) in [5, 5.41) is 4.20. The Morgan fingerprint density at radius 3 is 2.48 bits per heavy atom. The first-order chi connectivity index (χ1) is 9.79. The molecule has 0 aromatic carbocycles. The van der Waals surface area contributed by atoms with Crippen LogP contribution in [0.3, 0.4) is 0 Å². The summed E-state index contributed by atoms with van der Waals surface area (Å²) in [5.74, 6) is 0.951. The Kier molecular flexibility index (Phi) is 4.32. The fraction of sp³-hybridized carbons (Fsp3) is 0.500. The molecular formula is C16H25N5. The van der Waals surface area contributed by atoms with Gasteiger partial charge in [0.25, 0.3) is 0 Å². The molecule has 2 aromatic rings. The van der Waals surface area contributed by atoms with E-state index in [2.05, 4.69) is 42.9 Å². The van der Waals surface area contributed by atoms with Crippen LogP contribution in [0.2, 0.25) is 0 Å². The number of anilines is 1. The summed E-state index contributed by atoms with van der Waals surface area (Å²) >= 11 is 0. The number of hydrogen-bond donors (Lipinski definition) is 1. The molecule has 0 bridgehead atoms. The molecule has 0 spiro atoms. The van der Waals surface area contributed by atoms with Gasteiger partial charge in [-0.1, -0.05) is 20.8 Å². The van der Waals surface area contributed by atoms with Gasteiger partial charge in [0.2, 0.25) is 0 Å². The monoisotopic (exact) mass is 287 g/mol. The van der Waals surface area contributed by atoms with Crippen LogP contribution in [0.15, 0.2) is 24.5 Å². The molecule has 2 aromatic heterocycles. The zero-order chi connectivity index (χ0) is 15.6. The topological polar surface area (TPSA) is 60.0 Å². The van der Waals surface area contributed by atoms with E-state index in [1.54, 1.807) is 0 Å². The summed E-state index contributed by atoms with van der Waals surface area (Å²) in [7, 11) is 3.97. The van der Waals surface area contributed by atoms with Crippen molar-refractivity contribution in [3.8, 4) is 0 Å². The zero-order valence-electron chi connectivity index (χ0n) is 13.6. The lowest BCUT2D eigenvalue weighted by atomic mass is 9.90. The van der Waals surface area contributed by atoms with Crippen LogP contribution in [0.4, 0.5) is 5.82 Å². The average molecular weight is 287 g/mol. The third kappa shape index (κ3) is 3.82. The number of nitrogens with two attached hydrogens (primary N) is 1. The third-order valence-electron chi connectivity index (χ3n) is 3.44. The van der Waals surface area contributed by atoms with Crippen LogP contribution >= 0.6 is 0 Å². The lowest BCUT2D eigenvalue weighted by molar-refractivity contribution is 0.567. The van der Waals surface area contributed by atoms with Crippen molar-refractivity contribution in [1.82, 2.24) is 14.8 Å². The van der Waals surface area contributed by atoms with Gasteiger partial charge in [-0.25, -0.2) is 4.98 Å². The molecule has 21 heavy (non-hydrogen) atoms. The second-order valence-electron chi connectivity index (χ2n) is 6.55. The summed E-state index contributed by atoms with van der Waals surface area (Å²) in [4.78, 5) is 6.93. The molecular weight excluding hydrogens is 262 g/mol. The molecule has 5 heteroatoms. The average Bonchev–Trinajstić information content (AvgIpc) is 2.82. The molecule has 0 radical (unpaired) electrons. The van der Waals surface area contributed by atoms with Crippen molar-refractivity contribution in [2.75, 3.05) is 11.9 Å². The molecule has 0 saturated carbocycles. The van der Waals surface area contributed by atoms with Crippen molar-refractivity contribution in [2.24, 2.45) is 12.8 Å². The maximum absolute atomic E-state index is 5.83. The number of nitrogens with zero attached hydrogens (tertiary/aromatic N) is 4. The molecule has 0 aliphatic heterocycles. The minimum atomic E-state index is 0.00900. The second-order valence-corrected chi connectivity index (χ2v) is 6.55. The Morgan fingerprint density at radius 2 is 1.95 bits per heavy atom. The van der Waals surface area contributed by atoms with Gasteiger partial charge in [0.15, 0.2) is 0 Å². The smallest absolute Gasteiger partial charge is 0.129 e. The van der Waals surface area contributed by atoms with Gasteiger partial charge >= 0.3 is 0 Å². The van der Waals surface area contributed by atoms with Gasteiger partial charge in [0.05, 0.1) is 6.20 Å². The number of aryl methyl sites for hydroxylation is 1. The van der Waals surface area contributed by atoms with E-state index in [0.29, 0.717) is 6.54 Å². The SMILES string of the molecule is CN(Cc1cnn(C)c1)c1cc(CN)cc(C(C)(C)C)n1. The third-order valence-corrected chi connectivity index (χ3v) is 3.44. The summed E-state index contributed by atoms with van der Waals surface area (Å²) in [6.07, 6.45) is 3.90. The minimum Gasteiger partial charge on any atom is -0.355 e. The van der Waals surface area contributed by atoms with Crippen molar-refractivity contribution >= 4 is 5.82 Å². The molecule has 114 valence electrons. The van der Waals surface area contributed by atoms with Gasteiger partial charge < -0.3 is 10.6 Å². The van der Waals surface area contributed by atoms with Crippen LogP contribution in [0.25, 0.3) is 0 Å². The molecule has 5 nitrogen and oxygen atoms in total. The van der Waals surface area contributed by atoms with E-state index in [9.17, 15) is 0 Å². The number of pyridine rings is 1. The Hall–Kier alpha value is -1.88. The van der Waals surface area contributed by atoms with Crippen LogP contribution in [-0.2, 0) is 25.6 Å². The van der Waals surface area contributed by atoms with Gasteiger partial charge in [-0.3, -0.25) is 4.68 Å². The lowest BCUT2D eigenvalue weighted by Gasteiger charge is -2.24. The van der Waals surface area contributed by atoms with E-state index < -0.39 is 0 Å². The molecule has 0 amide bonds. The largest absolute Gasteiger partial charge is 0.355 e. The maximum Gasteiger partial charge on any atom is 0.129 e. The molecule has 2 N–H and O–H groups in total. The quantitative estimate of drug-likeness (QED) is 0.936.